The number of esters is 1. The zero-order valence-corrected chi connectivity index (χ0v) is 58.9. The summed E-state index contributed by atoms with van der Waals surface area (Å²) in [5.74, 6) is -1.74. The Hall–Kier alpha value is -2.92. The molecule has 5 saturated heterocycles. The maximum atomic E-state index is 13.6. The van der Waals surface area contributed by atoms with Gasteiger partial charge in [0.15, 0.2) is 31.5 Å². The molecule has 5 heterocycles. The number of aliphatic carboxylic acids is 1. The fourth-order valence-electron chi connectivity index (χ4n) is 19.0. The van der Waals surface area contributed by atoms with E-state index in [1.54, 1.807) is 13.0 Å². The van der Waals surface area contributed by atoms with E-state index >= 15 is 0 Å². The molecule has 5 aliphatic heterocycles. The topological polar surface area (TPSA) is 500 Å². The lowest BCUT2D eigenvalue weighted by atomic mass is 9.33. The van der Waals surface area contributed by atoms with Crippen molar-refractivity contribution >= 4 is 11.9 Å². The molecular formula is C70H112O31. The molecule has 5 aliphatic carbocycles. The van der Waals surface area contributed by atoms with Gasteiger partial charge in [0, 0.05) is 5.57 Å². The van der Waals surface area contributed by atoms with Crippen LogP contribution in [0, 0.1) is 50.2 Å². The Bertz CT molecular complexity index is 2930. The SMILES string of the molecule is C=CC(C)(O)CC/C=C(\C)C(=O)OCC1OC(OC2CCC3(C)C(CCC4(C)C3CC=C3C5CC(C)(C)C(O)CC5(C(=O)O)CCC34C)C2(C)C)C(O)C(OC2OC(CO)C(O)C(OC3OC(CO)C(O)C(OC4OC(COC5OC(CO)C(O)C(O)C5O)C(O)C(O)C4O)C3O)C2O)C1O. The summed E-state index contributed by atoms with van der Waals surface area (Å²) in [7, 11) is 0. The molecule has 578 valence electrons. The lowest BCUT2D eigenvalue weighted by Gasteiger charge is -2.71. The molecule has 10 rings (SSSR count). The zero-order chi connectivity index (χ0) is 74.3. The van der Waals surface area contributed by atoms with E-state index in [0.717, 1.165) is 19.3 Å². The highest BCUT2D eigenvalue weighted by Crippen LogP contribution is 2.76. The van der Waals surface area contributed by atoms with Gasteiger partial charge in [0.1, 0.15) is 129 Å². The average Bonchev–Trinajstić information content (AvgIpc) is 0.675. The summed E-state index contributed by atoms with van der Waals surface area (Å²) in [5, 5.41) is 199. The molecule has 9 fully saturated rings. The van der Waals surface area contributed by atoms with Crippen LogP contribution in [0.15, 0.2) is 36.0 Å². The Morgan fingerprint density at radius 3 is 1.58 bits per heavy atom. The van der Waals surface area contributed by atoms with Crippen LogP contribution in [0.25, 0.3) is 0 Å². The first-order valence-electron chi connectivity index (χ1n) is 35.5. The highest BCUT2D eigenvalue weighted by Gasteiger charge is 2.71. The number of carbonyl (C=O) groups excluding carboxylic acids is 1. The number of hydrogen-bond acceptors (Lipinski definition) is 30. The molecule has 0 aromatic heterocycles. The molecule has 0 amide bonds. The van der Waals surface area contributed by atoms with Crippen LogP contribution in [-0.4, -0.2) is 308 Å². The largest absolute Gasteiger partial charge is 0.481 e. The van der Waals surface area contributed by atoms with Gasteiger partial charge in [0.25, 0.3) is 0 Å². The van der Waals surface area contributed by atoms with Crippen LogP contribution in [-0.2, 0) is 61.7 Å². The Kier molecular flexibility index (Phi) is 24.4. The van der Waals surface area contributed by atoms with Crippen LogP contribution in [0.4, 0.5) is 0 Å². The number of allylic oxidation sites excluding steroid dienone is 3. The Labute approximate surface area is 587 Å². The molecule has 31 heteroatoms. The molecule has 0 aromatic carbocycles. The van der Waals surface area contributed by atoms with Crippen LogP contribution in [0.1, 0.15) is 133 Å². The highest BCUT2D eigenvalue weighted by atomic mass is 16.8. The van der Waals surface area contributed by atoms with Crippen molar-refractivity contribution in [1.82, 2.24) is 0 Å². The summed E-state index contributed by atoms with van der Waals surface area (Å²) >= 11 is 0. The molecule has 101 heavy (non-hydrogen) atoms. The number of aliphatic hydroxyl groups is 17. The summed E-state index contributed by atoms with van der Waals surface area (Å²) in [5.41, 5.74) is -2.94. The van der Waals surface area contributed by atoms with Gasteiger partial charge in [-0.25, -0.2) is 4.79 Å². The molecule has 35 unspecified atom stereocenters. The second kappa shape index (κ2) is 30.6. The van der Waals surface area contributed by atoms with Gasteiger partial charge < -0.3 is 144 Å². The first-order valence-corrected chi connectivity index (χ1v) is 35.5. The van der Waals surface area contributed by atoms with E-state index in [-0.39, 0.29) is 58.8 Å². The van der Waals surface area contributed by atoms with E-state index in [1.807, 2.05) is 13.8 Å². The van der Waals surface area contributed by atoms with Crippen molar-refractivity contribution in [2.75, 3.05) is 33.0 Å². The smallest absolute Gasteiger partial charge is 0.333 e. The average molecular weight is 1450 g/mol. The number of aliphatic hydroxyl groups excluding tert-OH is 16. The molecule has 4 saturated carbocycles. The van der Waals surface area contributed by atoms with E-state index in [4.69, 9.17) is 52.1 Å². The molecule has 18 N–H and O–H groups in total. The van der Waals surface area contributed by atoms with Gasteiger partial charge in [-0.05, 0) is 129 Å². The lowest BCUT2D eigenvalue weighted by molar-refractivity contribution is -0.393. The summed E-state index contributed by atoms with van der Waals surface area (Å²) < 4.78 is 65.5. The van der Waals surface area contributed by atoms with Gasteiger partial charge in [0.05, 0.1) is 49.7 Å². The molecule has 35 atom stereocenters. The summed E-state index contributed by atoms with van der Waals surface area (Å²) in [6, 6.07) is 0. The van der Waals surface area contributed by atoms with Crippen LogP contribution in [0.5, 0.6) is 0 Å². The Morgan fingerprint density at radius 2 is 1.05 bits per heavy atom. The predicted octanol–water partition coefficient (Wildman–Crippen LogP) is -2.46. The molecule has 31 nitrogen and oxygen atoms in total. The number of carboxylic acid groups (broad SMARTS) is 1. The second-order valence-electron chi connectivity index (χ2n) is 32.6. The third-order valence-electron chi connectivity index (χ3n) is 25.8. The van der Waals surface area contributed by atoms with Crippen molar-refractivity contribution in [3.05, 3.63) is 36.0 Å². The minimum Gasteiger partial charge on any atom is -0.481 e. The van der Waals surface area contributed by atoms with Crippen molar-refractivity contribution in [1.29, 1.82) is 0 Å². The number of hydrogen-bond donors (Lipinski definition) is 18. The van der Waals surface area contributed by atoms with Crippen molar-refractivity contribution < 1.29 is 154 Å². The van der Waals surface area contributed by atoms with E-state index < -0.39 is 233 Å². The predicted molar refractivity (Wildman–Crippen MR) is 345 cm³/mol. The van der Waals surface area contributed by atoms with Crippen molar-refractivity contribution in [2.24, 2.45) is 50.2 Å². The Morgan fingerprint density at radius 1 is 0.574 bits per heavy atom. The highest BCUT2D eigenvalue weighted by molar-refractivity contribution is 5.87. The van der Waals surface area contributed by atoms with E-state index in [2.05, 4.69) is 47.3 Å². The standard InChI is InChI=1S/C70H112O31/c1-11-66(7,90)18-12-13-30(2)57(87)91-28-37-46(79)56(51(84)60(97-37)98-41-17-19-67(8)38(65(41,5)6)16-20-69(10)39(67)15-14-31-32-23-64(3,4)40(74)24-70(32,63(88)89)22-21-68(31,69)9)101-62-53(86)55(45(78)35(27-73)95-62)100-61-52(85)54(44(77)34(26-72)94-61)99-59-50(83)48(81)43(76)36(96-59)29-92-58-49(82)47(80)42(75)33(25-71)93-58/h11,13-14,32-56,58-62,71-86,90H,1,12,15-29H2,2-10H3,(H,88,89)/b30-13+. The van der Waals surface area contributed by atoms with E-state index in [1.165, 1.54) is 18.6 Å². The van der Waals surface area contributed by atoms with E-state index in [9.17, 15) is 102 Å². The number of fused-ring (bicyclic) bond motifs is 7. The normalized spacial score (nSPS) is 49.7. The maximum Gasteiger partial charge on any atom is 0.333 e. The third kappa shape index (κ3) is 14.7. The van der Waals surface area contributed by atoms with Gasteiger partial charge in [-0.1, -0.05) is 72.3 Å². The molecule has 0 spiro atoms. The zero-order valence-electron chi connectivity index (χ0n) is 58.9. The quantitative estimate of drug-likeness (QED) is 0.0231. The summed E-state index contributed by atoms with van der Waals surface area (Å²) in [6.07, 6.45) is -38.0. The first kappa shape index (κ1) is 80.6. The molecular weight excluding hydrogens is 1340 g/mol. The van der Waals surface area contributed by atoms with Crippen molar-refractivity contribution in [3.8, 4) is 0 Å². The summed E-state index contributed by atoms with van der Waals surface area (Å²) in [6.45, 7) is 17.7. The molecule has 0 aromatic rings. The van der Waals surface area contributed by atoms with Gasteiger partial charge >= 0.3 is 11.9 Å². The number of ether oxygens (including phenoxy) is 11. The monoisotopic (exact) mass is 1450 g/mol. The van der Waals surface area contributed by atoms with Gasteiger partial charge in [-0.15, -0.1) is 6.58 Å². The minimum absolute atomic E-state index is 0.0206. The minimum atomic E-state index is -2.23. The molecule has 10 aliphatic rings. The lowest BCUT2D eigenvalue weighted by Crippen LogP contribution is -2.68. The molecule has 0 radical (unpaired) electrons. The van der Waals surface area contributed by atoms with E-state index in [0.29, 0.717) is 32.1 Å². The fourth-order valence-corrected chi connectivity index (χ4v) is 19.0. The number of carboxylic acids is 1. The van der Waals surface area contributed by atoms with Gasteiger partial charge in [-0.2, -0.15) is 0 Å². The Balaban J connectivity index is 0.871. The van der Waals surface area contributed by atoms with Crippen LogP contribution in [0.2, 0.25) is 0 Å². The molecule has 0 bridgehead atoms. The number of carbonyl (C=O) groups is 2. The first-order chi connectivity index (χ1) is 47.2. The third-order valence-corrected chi connectivity index (χ3v) is 25.8. The maximum absolute atomic E-state index is 13.6. The van der Waals surface area contributed by atoms with Crippen molar-refractivity contribution in [3.63, 3.8) is 0 Å². The second-order valence-corrected chi connectivity index (χ2v) is 32.6. The van der Waals surface area contributed by atoms with Crippen molar-refractivity contribution in [2.45, 2.75) is 304 Å². The summed E-state index contributed by atoms with van der Waals surface area (Å²) in [4.78, 5) is 27.0. The van der Waals surface area contributed by atoms with Gasteiger partial charge in [-0.3, -0.25) is 4.79 Å². The van der Waals surface area contributed by atoms with Crippen LogP contribution in [0.3, 0.4) is 0 Å². The fraction of sp³-hybridized carbons (Fsp3) is 0.886. The van der Waals surface area contributed by atoms with Gasteiger partial charge in [0.2, 0.25) is 0 Å². The van der Waals surface area contributed by atoms with Crippen LogP contribution >= 0.6 is 0 Å². The number of rotatable bonds is 22. The van der Waals surface area contributed by atoms with Crippen LogP contribution < -0.4 is 0 Å².